The van der Waals surface area contributed by atoms with Crippen molar-refractivity contribution in [3.63, 3.8) is 0 Å². The van der Waals surface area contributed by atoms with E-state index in [9.17, 15) is 27.6 Å². The molecule has 2 saturated heterocycles. The molecule has 1 amide bonds. The summed E-state index contributed by atoms with van der Waals surface area (Å²) in [5.74, 6) is -1.53. The molecule has 2 aliphatic heterocycles. The van der Waals surface area contributed by atoms with E-state index in [0.29, 0.717) is 19.5 Å². The number of nitriles is 1. The van der Waals surface area contributed by atoms with E-state index in [1.54, 1.807) is 0 Å². The molecular weight excluding hydrogens is 683 g/mol. The Balaban J connectivity index is 1.60. The molecule has 10 nitrogen and oxygen atoms in total. The van der Waals surface area contributed by atoms with Crippen LogP contribution in [0.3, 0.4) is 0 Å². The summed E-state index contributed by atoms with van der Waals surface area (Å²) in [6.07, 6.45) is -2.36. The maximum Gasteiger partial charge on any atom is 0.417 e. The summed E-state index contributed by atoms with van der Waals surface area (Å²) in [5.41, 5.74) is -2.45. The number of methoxy groups -OCH3 is 1. The lowest BCUT2D eigenvalue weighted by Crippen LogP contribution is -2.67. The van der Waals surface area contributed by atoms with E-state index >= 15 is 4.39 Å². The predicted molar refractivity (Wildman–Crippen MR) is 178 cm³/mol. The SMILES string of the molecule is COc1c(Cl)cccc1-c1c(C(F)(F)F)cc2c(nc(N3CC(C)(N(C)C)C3)c3nnn([C@H]4CCN(C(=O)/C=C/CF)[C@H](CC#N)C4)c32)c1F. The van der Waals surface area contributed by atoms with Crippen LogP contribution in [0.15, 0.2) is 36.4 Å². The first-order valence-electron chi connectivity index (χ1n) is 15.9. The Kier molecular flexibility index (Phi) is 9.38. The minimum absolute atomic E-state index is 0.00415. The van der Waals surface area contributed by atoms with Crippen LogP contribution in [0.25, 0.3) is 33.1 Å². The highest BCUT2D eigenvalue weighted by molar-refractivity contribution is 6.32. The van der Waals surface area contributed by atoms with Crippen LogP contribution < -0.4 is 9.64 Å². The number of benzene rings is 2. The molecule has 0 saturated carbocycles. The molecule has 0 aliphatic carbocycles. The second-order valence-corrected chi connectivity index (χ2v) is 13.4. The van der Waals surface area contributed by atoms with Crippen molar-refractivity contribution in [2.45, 2.75) is 50.0 Å². The topological polar surface area (TPSA) is 103 Å². The standard InChI is InChI=1S/C34H34ClF5N8O2/c1-33(45(2)3)17-46(18-33)32-29-30(48(44-43-29)20-11-14-47(19(15-20)10-13-41)25(49)9-6-12-36)22-16-23(34(38,39)40)26(27(37)28(22)42-32)21-7-5-8-24(35)31(21)50-4/h5-9,16,19-20H,10-12,14-15,17-18H2,1-4H3/b9-6+/t19-,20+/m1/s1. The predicted octanol–water partition coefficient (Wildman–Crippen LogP) is 6.58. The van der Waals surface area contributed by atoms with Crippen molar-refractivity contribution in [1.29, 1.82) is 5.26 Å². The molecule has 2 aromatic heterocycles. The van der Waals surface area contributed by atoms with Crippen LogP contribution in [-0.2, 0) is 11.0 Å². The number of anilines is 1. The number of carbonyl (C=O) groups is 1. The summed E-state index contributed by atoms with van der Waals surface area (Å²) in [6, 6.07) is 5.97. The molecular formula is C34H34ClF5N8O2. The first kappa shape index (κ1) is 35.3. The summed E-state index contributed by atoms with van der Waals surface area (Å²) in [4.78, 5) is 22.9. The van der Waals surface area contributed by atoms with Gasteiger partial charge in [-0.2, -0.15) is 18.4 Å². The molecule has 2 atom stereocenters. The number of carbonyl (C=O) groups excluding carboxylic acids is 1. The van der Waals surface area contributed by atoms with E-state index in [1.165, 1.54) is 34.9 Å². The lowest BCUT2D eigenvalue weighted by molar-refractivity contribution is -0.137. The number of aromatic nitrogens is 4. The number of pyridine rings is 1. The van der Waals surface area contributed by atoms with Crippen LogP contribution in [0.2, 0.25) is 5.02 Å². The Morgan fingerprint density at radius 2 is 2.00 bits per heavy atom. The monoisotopic (exact) mass is 716 g/mol. The lowest BCUT2D eigenvalue weighted by atomic mass is 9.90. The van der Waals surface area contributed by atoms with Crippen LogP contribution in [0.5, 0.6) is 5.75 Å². The van der Waals surface area contributed by atoms with Gasteiger partial charge in [0.25, 0.3) is 0 Å². The minimum Gasteiger partial charge on any atom is -0.495 e. The number of halogens is 6. The van der Waals surface area contributed by atoms with E-state index < -0.39 is 47.8 Å². The number of hydrogen-bond acceptors (Lipinski definition) is 8. The molecule has 16 heteroatoms. The van der Waals surface area contributed by atoms with Gasteiger partial charge >= 0.3 is 6.18 Å². The summed E-state index contributed by atoms with van der Waals surface area (Å²) in [6.45, 7) is 2.35. The number of likely N-dealkylation sites (tertiary alicyclic amines) is 1. The first-order valence-corrected chi connectivity index (χ1v) is 16.3. The van der Waals surface area contributed by atoms with Crippen LogP contribution in [0.1, 0.15) is 37.8 Å². The van der Waals surface area contributed by atoms with Gasteiger partial charge in [0.15, 0.2) is 17.2 Å². The normalized spacial score (nSPS) is 19.4. The van der Waals surface area contributed by atoms with Crippen molar-refractivity contribution >= 4 is 45.3 Å². The fourth-order valence-electron chi connectivity index (χ4n) is 6.95. The number of rotatable bonds is 8. The number of hydrogen-bond donors (Lipinski definition) is 0. The fraction of sp³-hybridized carbons (Fsp3) is 0.441. The van der Waals surface area contributed by atoms with Crippen LogP contribution >= 0.6 is 11.6 Å². The van der Waals surface area contributed by atoms with E-state index in [2.05, 4.69) is 21.4 Å². The maximum atomic E-state index is 17.0. The summed E-state index contributed by atoms with van der Waals surface area (Å²) < 4.78 is 81.3. The zero-order valence-corrected chi connectivity index (χ0v) is 28.5. The number of likely N-dealkylation sites (N-methyl/N-ethyl adjacent to an activating group) is 1. The quantitative estimate of drug-likeness (QED) is 0.149. The molecule has 0 N–H and O–H groups in total. The molecule has 4 aromatic rings. The number of ether oxygens (including phenoxy) is 1. The summed E-state index contributed by atoms with van der Waals surface area (Å²) >= 11 is 6.28. The van der Waals surface area contributed by atoms with E-state index in [1.807, 2.05) is 30.8 Å². The van der Waals surface area contributed by atoms with Crippen molar-refractivity contribution in [3.05, 3.63) is 52.8 Å². The van der Waals surface area contributed by atoms with Gasteiger partial charge in [0, 0.05) is 48.3 Å². The largest absolute Gasteiger partial charge is 0.495 e. The Hall–Kier alpha value is -4.55. The highest BCUT2D eigenvalue weighted by Gasteiger charge is 2.44. The lowest BCUT2D eigenvalue weighted by Gasteiger charge is -2.52. The highest BCUT2D eigenvalue weighted by atomic mass is 35.5. The molecule has 264 valence electrons. The third-order valence-corrected chi connectivity index (χ3v) is 10.1. The summed E-state index contributed by atoms with van der Waals surface area (Å²) in [7, 11) is 5.10. The molecule has 2 aliphatic rings. The number of amides is 1. The zero-order chi connectivity index (χ0) is 36.1. The van der Waals surface area contributed by atoms with E-state index in [0.717, 1.165) is 18.2 Å². The number of fused-ring (bicyclic) bond motifs is 3. The Bertz CT molecular complexity index is 2040. The molecule has 2 fully saturated rings. The number of alkyl halides is 4. The van der Waals surface area contributed by atoms with Crippen molar-refractivity contribution in [2.75, 3.05) is 52.4 Å². The second kappa shape index (κ2) is 13.3. The van der Waals surface area contributed by atoms with Crippen LogP contribution in [0, 0.1) is 17.1 Å². The molecule has 0 spiro atoms. The van der Waals surface area contributed by atoms with Gasteiger partial charge in [0.05, 0.1) is 41.8 Å². The van der Waals surface area contributed by atoms with Crippen molar-refractivity contribution in [3.8, 4) is 22.9 Å². The molecule has 0 bridgehead atoms. The van der Waals surface area contributed by atoms with Gasteiger partial charge in [-0.15, -0.1) is 5.10 Å². The maximum absolute atomic E-state index is 17.0. The molecule has 2 aromatic carbocycles. The van der Waals surface area contributed by atoms with Gasteiger partial charge in [-0.1, -0.05) is 28.9 Å². The van der Waals surface area contributed by atoms with Gasteiger partial charge < -0.3 is 19.4 Å². The van der Waals surface area contributed by atoms with E-state index in [-0.39, 0.29) is 69.0 Å². The van der Waals surface area contributed by atoms with Crippen molar-refractivity contribution in [2.24, 2.45) is 0 Å². The van der Waals surface area contributed by atoms with Gasteiger partial charge in [0.1, 0.15) is 23.5 Å². The average molecular weight is 717 g/mol. The number of piperidine rings is 1. The van der Waals surface area contributed by atoms with Gasteiger partial charge in [0.2, 0.25) is 5.91 Å². The third kappa shape index (κ3) is 5.98. The van der Waals surface area contributed by atoms with Gasteiger partial charge in [-0.05, 0) is 52.1 Å². The van der Waals surface area contributed by atoms with Crippen LogP contribution in [-0.4, -0.2) is 94.8 Å². The van der Waals surface area contributed by atoms with E-state index in [4.69, 9.17) is 16.3 Å². The Morgan fingerprint density at radius 3 is 2.64 bits per heavy atom. The van der Waals surface area contributed by atoms with Crippen LogP contribution in [0.4, 0.5) is 27.8 Å². The molecule has 50 heavy (non-hydrogen) atoms. The zero-order valence-electron chi connectivity index (χ0n) is 27.7. The van der Waals surface area contributed by atoms with Crippen molar-refractivity contribution in [1.82, 2.24) is 29.8 Å². The third-order valence-electron chi connectivity index (χ3n) is 9.80. The van der Waals surface area contributed by atoms with Gasteiger partial charge in [-0.25, -0.2) is 18.4 Å². The molecule has 0 radical (unpaired) electrons. The molecule has 4 heterocycles. The van der Waals surface area contributed by atoms with Gasteiger partial charge in [-0.3, -0.25) is 4.79 Å². The smallest absolute Gasteiger partial charge is 0.417 e. The van der Waals surface area contributed by atoms with Crippen molar-refractivity contribution < 1.29 is 31.5 Å². The molecule has 6 rings (SSSR count). The Labute approximate surface area is 289 Å². The molecule has 0 unspecified atom stereocenters. The number of allylic oxidation sites excluding steroid dienone is 1. The first-order chi connectivity index (χ1) is 23.7. The highest BCUT2D eigenvalue weighted by Crippen LogP contribution is 2.48. The fourth-order valence-corrected chi connectivity index (χ4v) is 7.20. The number of nitrogens with zero attached hydrogens (tertiary/aromatic N) is 8. The average Bonchev–Trinajstić information content (AvgIpc) is 3.51. The summed E-state index contributed by atoms with van der Waals surface area (Å²) in [5, 5.41) is 18.2. The number of para-hydroxylation sites is 1. The second-order valence-electron chi connectivity index (χ2n) is 13.0. The minimum atomic E-state index is -5.01. The Morgan fingerprint density at radius 1 is 1.26 bits per heavy atom.